The molecule has 0 aliphatic heterocycles. The Morgan fingerprint density at radius 2 is 1.75 bits per heavy atom. The van der Waals surface area contributed by atoms with Crippen molar-refractivity contribution in [1.82, 2.24) is 9.97 Å². The van der Waals surface area contributed by atoms with Crippen LogP contribution in [0, 0.1) is 0 Å². The molecule has 1 rings (SSSR count). The van der Waals surface area contributed by atoms with Crippen molar-refractivity contribution in [3.05, 3.63) is 22.9 Å². The van der Waals surface area contributed by atoms with Gasteiger partial charge in [0.25, 0.3) is 0 Å². The Hall–Kier alpha value is 0.300. The Balaban J connectivity index is -0.000000120. The first-order chi connectivity index (χ1) is 2.89. The molecule has 0 aliphatic rings. The van der Waals surface area contributed by atoms with Gasteiger partial charge in [0, 0.05) is 12.4 Å². The fraction of sp³-hybridized carbons (Fsp3) is 0. The molecule has 0 radical (unpaired) electrons. The molecular formula is C3H6ClN2NaO. The van der Waals surface area contributed by atoms with E-state index >= 15 is 0 Å². The summed E-state index contributed by atoms with van der Waals surface area (Å²) >= 11 is 0. The Labute approximate surface area is 76.1 Å². The smallest absolute Gasteiger partial charge is 1.00 e. The Morgan fingerprint density at radius 1 is 1.38 bits per heavy atom. The van der Waals surface area contributed by atoms with E-state index in [0.29, 0.717) is 0 Å². The minimum atomic E-state index is -0.157. The van der Waals surface area contributed by atoms with Crippen molar-refractivity contribution >= 4 is 12.4 Å². The molecule has 1 aromatic heterocycles. The van der Waals surface area contributed by atoms with E-state index in [0.717, 1.165) is 0 Å². The first-order valence-electron chi connectivity index (χ1n) is 1.61. The quantitative estimate of drug-likeness (QED) is 0.381. The predicted molar refractivity (Wildman–Crippen MR) is 29.8 cm³/mol. The van der Waals surface area contributed by atoms with Crippen LogP contribution in [0.5, 0.6) is 0 Å². The van der Waals surface area contributed by atoms with Crippen LogP contribution < -0.4 is 35.2 Å². The van der Waals surface area contributed by atoms with E-state index in [1.54, 1.807) is 12.4 Å². The summed E-state index contributed by atoms with van der Waals surface area (Å²) < 4.78 is 0. The zero-order chi connectivity index (χ0) is 4.41. The molecule has 0 saturated heterocycles. The van der Waals surface area contributed by atoms with Gasteiger partial charge < -0.3 is 11.4 Å². The summed E-state index contributed by atoms with van der Waals surface area (Å²) in [4.78, 5) is 14.7. The first kappa shape index (κ1) is 11.1. The van der Waals surface area contributed by atoms with Crippen LogP contribution in [-0.2, 0) is 0 Å². The van der Waals surface area contributed by atoms with E-state index in [2.05, 4.69) is 9.97 Å². The van der Waals surface area contributed by atoms with Gasteiger partial charge in [0.2, 0.25) is 0 Å². The Morgan fingerprint density at radius 3 is 1.88 bits per heavy atom. The normalized spacial score (nSPS) is 6.50. The molecule has 0 spiro atoms. The average molecular weight is 145 g/mol. The number of aromatic amines is 2. The van der Waals surface area contributed by atoms with Crippen molar-refractivity contribution in [2.75, 3.05) is 0 Å². The van der Waals surface area contributed by atoms with E-state index in [-0.39, 0.29) is 49.1 Å². The van der Waals surface area contributed by atoms with Crippen molar-refractivity contribution < 1.29 is 31.0 Å². The summed E-state index contributed by atoms with van der Waals surface area (Å²) in [6.07, 6.45) is 3.09. The average Bonchev–Trinajstić information content (AvgIpc) is 1.86. The second kappa shape index (κ2) is 5.44. The van der Waals surface area contributed by atoms with Gasteiger partial charge in [0.1, 0.15) is 0 Å². The summed E-state index contributed by atoms with van der Waals surface area (Å²) in [5, 5.41) is 0. The standard InChI is InChI=1S/C3H4N2O.ClH.Na.H/c6-3-4-1-2-5-3;;;/h1-2H,(H2,4,5,6);1H;;/q;;+1;-1. The van der Waals surface area contributed by atoms with Gasteiger partial charge in [-0.3, -0.25) is 0 Å². The van der Waals surface area contributed by atoms with E-state index in [1.807, 2.05) is 0 Å². The SMILES string of the molecule is Cl.O=c1[nH]cc[nH]1.[H-].[Na+]. The van der Waals surface area contributed by atoms with Gasteiger partial charge in [-0.15, -0.1) is 12.4 Å². The van der Waals surface area contributed by atoms with Crippen LogP contribution in [0.25, 0.3) is 0 Å². The molecule has 8 heavy (non-hydrogen) atoms. The minimum absolute atomic E-state index is 0. The summed E-state index contributed by atoms with van der Waals surface area (Å²) in [6.45, 7) is 0. The van der Waals surface area contributed by atoms with Crippen molar-refractivity contribution in [3.63, 3.8) is 0 Å². The molecular weight excluding hydrogens is 138 g/mol. The summed E-state index contributed by atoms with van der Waals surface area (Å²) in [5.74, 6) is 0. The van der Waals surface area contributed by atoms with E-state index in [1.165, 1.54) is 0 Å². The number of imidazole rings is 1. The maximum atomic E-state index is 9.96. The van der Waals surface area contributed by atoms with Gasteiger partial charge in [-0.2, -0.15) is 0 Å². The molecule has 1 aromatic rings. The largest absolute Gasteiger partial charge is 1.00 e. The van der Waals surface area contributed by atoms with Crippen LogP contribution in [0.2, 0.25) is 0 Å². The fourth-order valence-corrected chi connectivity index (χ4v) is 0.276. The van der Waals surface area contributed by atoms with E-state index in [4.69, 9.17) is 0 Å². The first-order valence-corrected chi connectivity index (χ1v) is 1.61. The zero-order valence-electron chi connectivity index (χ0n) is 5.47. The van der Waals surface area contributed by atoms with Gasteiger partial charge in [0.05, 0.1) is 0 Å². The third-order valence-electron chi connectivity index (χ3n) is 0.512. The zero-order valence-corrected chi connectivity index (χ0v) is 7.29. The summed E-state index contributed by atoms with van der Waals surface area (Å²) in [7, 11) is 0. The van der Waals surface area contributed by atoms with Gasteiger partial charge in [-0.05, 0) is 0 Å². The van der Waals surface area contributed by atoms with Crippen molar-refractivity contribution in [2.24, 2.45) is 0 Å². The Bertz CT molecular complexity index is 160. The number of hydrogen-bond donors (Lipinski definition) is 2. The van der Waals surface area contributed by atoms with Crippen LogP contribution >= 0.6 is 12.4 Å². The third-order valence-corrected chi connectivity index (χ3v) is 0.512. The predicted octanol–water partition coefficient (Wildman–Crippen LogP) is -2.76. The van der Waals surface area contributed by atoms with Crippen molar-refractivity contribution in [3.8, 4) is 0 Å². The molecule has 0 amide bonds. The third kappa shape index (κ3) is 3.32. The molecule has 0 aromatic carbocycles. The number of halogens is 1. The number of hydrogen-bond acceptors (Lipinski definition) is 1. The molecule has 3 nitrogen and oxygen atoms in total. The van der Waals surface area contributed by atoms with Crippen LogP contribution in [0.15, 0.2) is 17.2 Å². The summed E-state index contributed by atoms with van der Waals surface area (Å²) in [6, 6.07) is 0. The molecule has 42 valence electrons. The minimum Gasteiger partial charge on any atom is -1.00 e. The van der Waals surface area contributed by atoms with Crippen molar-refractivity contribution in [2.45, 2.75) is 0 Å². The Kier molecular flexibility index (Phi) is 7.57. The maximum absolute atomic E-state index is 9.96. The summed E-state index contributed by atoms with van der Waals surface area (Å²) in [5.41, 5.74) is -0.157. The van der Waals surface area contributed by atoms with Gasteiger partial charge in [-0.1, -0.05) is 0 Å². The molecule has 0 fully saturated rings. The molecule has 0 atom stereocenters. The number of aromatic nitrogens is 2. The van der Waals surface area contributed by atoms with Gasteiger partial charge in [-0.25, -0.2) is 4.79 Å². The van der Waals surface area contributed by atoms with Crippen LogP contribution in [0.3, 0.4) is 0 Å². The van der Waals surface area contributed by atoms with Crippen LogP contribution in [0.1, 0.15) is 1.43 Å². The monoisotopic (exact) mass is 144 g/mol. The van der Waals surface area contributed by atoms with Crippen molar-refractivity contribution in [1.29, 1.82) is 0 Å². The molecule has 5 heteroatoms. The van der Waals surface area contributed by atoms with E-state index in [9.17, 15) is 4.79 Å². The topological polar surface area (TPSA) is 48.6 Å². The fourth-order valence-electron chi connectivity index (χ4n) is 0.276. The van der Waals surface area contributed by atoms with Gasteiger partial charge in [0.15, 0.2) is 0 Å². The van der Waals surface area contributed by atoms with Gasteiger partial charge >= 0.3 is 35.2 Å². The number of nitrogens with one attached hydrogen (secondary N) is 2. The molecule has 0 saturated carbocycles. The second-order valence-corrected chi connectivity index (χ2v) is 0.951. The van der Waals surface area contributed by atoms with E-state index < -0.39 is 0 Å². The maximum Gasteiger partial charge on any atom is 1.00 e. The van der Waals surface area contributed by atoms with Crippen LogP contribution in [0.4, 0.5) is 0 Å². The molecule has 0 bridgehead atoms. The molecule has 0 aliphatic carbocycles. The molecule has 2 N–H and O–H groups in total. The molecule has 1 heterocycles. The second-order valence-electron chi connectivity index (χ2n) is 0.951. The number of rotatable bonds is 0. The number of H-pyrrole nitrogens is 2. The molecule has 0 unspecified atom stereocenters. The van der Waals surface area contributed by atoms with Crippen LogP contribution in [-0.4, -0.2) is 9.97 Å².